The van der Waals surface area contributed by atoms with Crippen LogP contribution < -0.4 is 5.32 Å². The van der Waals surface area contributed by atoms with Crippen molar-refractivity contribution in [1.82, 2.24) is 10.2 Å². The normalized spacial score (nSPS) is 18.4. The van der Waals surface area contributed by atoms with Crippen molar-refractivity contribution in [2.24, 2.45) is 0 Å². The minimum atomic E-state index is -0.666. The molecule has 1 fully saturated rings. The molecule has 1 atom stereocenters. The highest BCUT2D eigenvalue weighted by Crippen LogP contribution is 2.12. The Morgan fingerprint density at radius 2 is 2.16 bits per heavy atom. The Hall–Kier alpha value is -1.01. The van der Waals surface area contributed by atoms with Gasteiger partial charge in [-0.1, -0.05) is 12.1 Å². The Bertz CT molecular complexity index is 383. The monoisotopic (exact) mass is 268 g/mol. The van der Waals surface area contributed by atoms with Crippen molar-refractivity contribution in [2.75, 3.05) is 45.9 Å². The minimum absolute atomic E-state index is 0.315. The predicted octanol–water partition coefficient (Wildman–Crippen LogP) is 0.781. The molecular weight excluding hydrogens is 247 g/mol. The third-order valence-electron chi connectivity index (χ3n) is 3.28. The highest BCUT2D eigenvalue weighted by molar-refractivity contribution is 5.18. The molecule has 1 unspecified atom stereocenters. The Morgan fingerprint density at radius 1 is 1.37 bits per heavy atom. The van der Waals surface area contributed by atoms with Crippen LogP contribution in [0.4, 0.5) is 4.39 Å². The fraction of sp³-hybridized carbons (Fsp3) is 0.571. The van der Waals surface area contributed by atoms with Crippen molar-refractivity contribution in [3.63, 3.8) is 0 Å². The molecule has 0 aliphatic carbocycles. The van der Waals surface area contributed by atoms with Crippen molar-refractivity contribution >= 4 is 0 Å². The molecule has 5 heteroatoms. The van der Waals surface area contributed by atoms with Gasteiger partial charge in [0.25, 0.3) is 0 Å². The number of rotatable bonds is 6. The van der Waals surface area contributed by atoms with Crippen molar-refractivity contribution in [3.8, 4) is 0 Å². The topological polar surface area (TPSA) is 44.7 Å². The van der Waals surface area contributed by atoms with E-state index in [0.29, 0.717) is 12.1 Å². The van der Waals surface area contributed by atoms with Crippen molar-refractivity contribution in [3.05, 3.63) is 35.6 Å². The van der Waals surface area contributed by atoms with Gasteiger partial charge in [0.05, 0.1) is 19.3 Å². The SMILES string of the molecule is OC(CNCCN1CCOCC1)c1cccc(F)c1. The lowest BCUT2D eigenvalue weighted by molar-refractivity contribution is 0.0380. The maximum absolute atomic E-state index is 13.0. The molecule has 1 aliphatic rings. The van der Waals surface area contributed by atoms with Crippen LogP contribution in [0.25, 0.3) is 0 Å². The van der Waals surface area contributed by atoms with Gasteiger partial charge < -0.3 is 15.2 Å². The van der Waals surface area contributed by atoms with Crippen LogP contribution >= 0.6 is 0 Å². The van der Waals surface area contributed by atoms with Gasteiger partial charge in [-0.2, -0.15) is 0 Å². The summed E-state index contributed by atoms with van der Waals surface area (Å²) in [5.41, 5.74) is 0.610. The van der Waals surface area contributed by atoms with Gasteiger partial charge in [0.15, 0.2) is 0 Å². The number of halogens is 1. The Morgan fingerprint density at radius 3 is 2.89 bits per heavy atom. The molecule has 106 valence electrons. The van der Waals surface area contributed by atoms with Gasteiger partial charge in [-0.3, -0.25) is 4.90 Å². The predicted molar refractivity (Wildman–Crippen MR) is 71.5 cm³/mol. The Labute approximate surface area is 113 Å². The van der Waals surface area contributed by atoms with E-state index in [9.17, 15) is 9.50 Å². The maximum Gasteiger partial charge on any atom is 0.123 e. The summed E-state index contributed by atoms with van der Waals surface area (Å²) in [6, 6.07) is 6.09. The maximum atomic E-state index is 13.0. The Balaban J connectivity index is 1.64. The van der Waals surface area contributed by atoms with E-state index in [1.807, 2.05) is 0 Å². The number of nitrogens with one attached hydrogen (secondary N) is 1. The molecule has 19 heavy (non-hydrogen) atoms. The van der Waals surface area contributed by atoms with Crippen LogP contribution in [0.15, 0.2) is 24.3 Å². The molecule has 4 nitrogen and oxygen atoms in total. The first-order chi connectivity index (χ1) is 9.25. The summed E-state index contributed by atoms with van der Waals surface area (Å²) in [5, 5.41) is 13.1. The zero-order chi connectivity index (χ0) is 13.5. The molecule has 1 aromatic carbocycles. The van der Waals surface area contributed by atoms with E-state index in [1.54, 1.807) is 12.1 Å². The fourth-order valence-electron chi connectivity index (χ4n) is 2.13. The second-order valence-electron chi connectivity index (χ2n) is 4.73. The van der Waals surface area contributed by atoms with Crippen LogP contribution in [-0.2, 0) is 4.74 Å². The third kappa shape index (κ3) is 4.87. The zero-order valence-corrected chi connectivity index (χ0v) is 11.0. The number of aliphatic hydroxyl groups is 1. The minimum Gasteiger partial charge on any atom is -0.387 e. The lowest BCUT2D eigenvalue weighted by Gasteiger charge is -2.26. The number of hydrogen-bond donors (Lipinski definition) is 2. The van der Waals surface area contributed by atoms with Gasteiger partial charge in [0, 0.05) is 32.7 Å². The second kappa shape index (κ2) is 7.55. The first-order valence-corrected chi connectivity index (χ1v) is 6.70. The van der Waals surface area contributed by atoms with Crippen LogP contribution in [0, 0.1) is 5.82 Å². The van der Waals surface area contributed by atoms with Crippen LogP contribution in [0.5, 0.6) is 0 Å². The summed E-state index contributed by atoms with van der Waals surface area (Å²) < 4.78 is 18.3. The van der Waals surface area contributed by atoms with Crippen LogP contribution in [0.2, 0.25) is 0 Å². The van der Waals surface area contributed by atoms with Gasteiger partial charge in [0.2, 0.25) is 0 Å². The first kappa shape index (κ1) is 14.4. The van der Waals surface area contributed by atoms with Gasteiger partial charge in [-0.05, 0) is 17.7 Å². The van der Waals surface area contributed by atoms with E-state index in [1.165, 1.54) is 12.1 Å². The molecular formula is C14H21FN2O2. The van der Waals surface area contributed by atoms with E-state index < -0.39 is 6.10 Å². The highest BCUT2D eigenvalue weighted by atomic mass is 19.1. The second-order valence-corrected chi connectivity index (χ2v) is 4.73. The molecule has 0 radical (unpaired) electrons. The molecule has 0 spiro atoms. The number of hydrogen-bond acceptors (Lipinski definition) is 4. The fourth-order valence-corrected chi connectivity index (χ4v) is 2.13. The van der Waals surface area contributed by atoms with E-state index in [-0.39, 0.29) is 5.82 Å². The quantitative estimate of drug-likeness (QED) is 0.749. The molecule has 2 rings (SSSR count). The first-order valence-electron chi connectivity index (χ1n) is 6.70. The number of ether oxygens (including phenoxy) is 1. The van der Waals surface area contributed by atoms with Gasteiger partial charge >= 0.3 is 0 Å². The summed E-state index contributed by atoms with van der Waals surface area (Å²) in [6.45, 7) is 5.72. The molecule has 1 heterocycles. The van der Waals surface area contributed by atoms with Gasteiger partial charge in [0.1, 0.15) is 5.82 Å². The van der Waals surface area contributed by atoms with E-state index in [0.717, 1.165) is 39.4 Å². The molecule has 1 saturated heterocycles. The van der Waals surface area contributed by atoms with E-state index in [4.69, 9.17) is 4.74 Å². The van der Waals surface area contributed by atoms with Crippen LogP contribution in [-0.4, -0.2) is 55.9 Å². The van der Waals surface area contributed by atoms with Crippen LogP contribution in [0.3, 0.4) is 0 Å². The summed E-state index contributed by atoms with van der Waals surface area (Å²) in [7, 11) is 0. The average Bonchev–Trinajstić information content (AvgIpc) is 2.44. The summed E-state index contributed by atoms with van der Waals surface area (Å²) >= 11 is 0. The lowest BCUT2D eigenvalue weighted by Crippen LogP contribution is -2.40. The highest BCUT2D eigenvalue weighted by Gasteiger charge is 2.10. The lowest BCUT2D eigenvalue weighted by atomic mass is 10.1. The summed E-state index contributed by atoms with van der Waals surface area (Å²) in [6.07, 6.45) is -0.666. The molecule has 1 aliphatic heterocycles. The smallest absolute Gasteiger partial charge is 0.123 e. The van der Waals surface area contributed by atoms with Gasteiger partial charge in [-0.25, -0.2) is 4.39 Å². The molecule has 0 aromatic heterocycles. The average molecular weight is 268 g/mol. The number of nitrogens with zero attached hydrogens (tertiary/aromatic N) is 1. The standard InChI is InChI=1S/C14H21FN2O2/c15-13-3-1-2-12(10-13)14(18)11-16-4-5-17-6-8-19-9-7-17/h1-3,10,14,16,18H,4-9,11H2. The summed E-state index contributed by atoms with van der Waals surface area (Å²) in [4.78, 5) is 2.32. The van der Waals surface area contributed by atoms with E-state index in [2.05, 4.69) is 10.2 Å². The van der Waals surface area contributed by atoms with Crippen molar-refractivity contribution < 1.29 is 14.2 Å². The molecule has 1 aromatic rings. The van der Waals surface area contributed by atoms with Crippen LogP contribution in [0.1, 0.15) is 11.7 Å². The summed E-state index contributed by atoms with van der Waals surface area (Å²) in [5.74, 6) is -0.315. The largest absolute Gasteiger partial charge is 0.387 e. The molecule has 2 N–H and O–H groups in total. The Kier molecular flexibility index (Phi) is 5.72. The third-order valence-corrected chi connectivity index (χ3v) is 3.28. The number of morpholine rings is 1. The van der Waals surface area contributed by atoms with Gasteiger partial charge in [-0.15, -0.1) is 0 Å². The zero-order valence-electron chi connectivity index (χ0n) is 11.0. The number of aliphatic hydroxyl groups excluding tert-OH is 1. The van der Waals surface area contributed by atoms with E-state index >= 15 is 0 Å². The van der Waals surface area contributed by atoms with Crippen molar-refractivity contribution in [2.45, 2.75) is 6.10 Å². The molecule has 0 saturated carbocycles. The molecule has 0 bridgehead atoms. The van der Waals surface area contributed by atoms with Crippen molar-refractivity contribution in [1.29, 1.82) is 0 Å². The molecule has 0 amide bonds. The number of benzene rings is 1.